The number of rotatable bonds is 4. The van der Waals surface area contributed by atoms with Crippen LogP contribution in [-0.4, -0.2) is 20.7 Å². The number of carbonyl (C=O) groups excluding carboxylic acids is 1. The molecule has 3 aromatic rings. The fraction of sp³-hybridized carbons (Fsp3) is 0.0625. The summed E-state index contributed by atoms with van der Waals surface area (Å²) in [5, 5.41) is 4.14. The lowest BCUT2D eigenvalue weighted by Gasteiger charge is -2.09. The van der Waals surface area contributed by atoms with Crippen LogP contribution in [-0.2, 0) is 11.3 Å². The first-order valence-corrected chi connectivity index (χ1v) is 6.50. The predicted octanol–water partition coefficient (Wildman–Crippen LogP) is 2.62. The van der Waals surface area contributed by atoms with Crippen molar-refractivity contribution < 1.29 is 9.53 Å². The Morgan fingerprint density at radius 2 is 1.90 bits per heavy atom. The minimum Gasteiger partial charge on any atom is -0.456 e. The van der Waals surface area contributed by atoms with Gasteiger partial charge in [0.1, 0.15) is 6.61 Å². The molecular weight excluding hydrogens is 266 g/mol. The van der Waals surface area contributed by atoms with E-state index >= 15 is 0 Å². The average molecular weight is 279 g/mol. The van der Waals surface area contributed by atoms with Crippen molar-refractivity contribution in [1.29, 1.82) is 0 Å². The van der Waals surface area contributed by atoms with Gasteiger partial charge in [0.15, 0.2) is 0 Å². The summed E-state index contributed by atoms with van der Waals surface area (Å²) in [5.74, 6) is -0.397. The van der Waals surface area contributed by atoms with Gasteiger partial charge in [-0.25, -0.2) is 9.48 Å². The summed E-state index contributed by atoms with van der Waals surface area (Å²) in [6.07, 6.45) is 5.11. The quantitative estimate of drug-likeness (QED) is 0.689. The molecule has 21 heavy (non-hydrogen) atoms. The summed E-state index contributed by atoms with van der Waals surface area (Å²) in [5.41, 5.74) is 1.87. The fourth-order valence-electron chi connectivity index (χ4n) is 1.96. The summed E-state index contributed by atoms with van der Waals surface area (Å²) >= 11 is 0. The van der Waals surface area contributed by atoms with Crippen molar-refractivity contribution in [3.8, 4) is 5.69 Å². The number of hydrogen-bond donors (Lipinski definition) is 0. The Hall–Kier alpha value is -2.95. The summed E-state index contributed by atoms with van der Waals surface area (Å²) in [6, 6.07) is 14.5. The molecule has 2 aromatic heterocycles. The van der Waals surface area contributed by atoms with Crippen LogP contribution in [0.1, 0.15) is 16.1 Å². The van der Waals surface area contributed by atoms with E-state index in [2.05, 4.69) is 10.1 Å². The second kappa shape index (κ2) is 6.00. The number of carbonyl (C=O) groups is 1. The maximum atomic E-state index is 12.2. The number of aromatic nitrogens is 3. The molecule has 0 bridgehead atoms. The van der Waals surface area contributed by atoms with Crippen LogP contribution in [0.15, 0.2) is 67.1 Å². The SMILES string of the molecule is O=C(OCc1ccccn1)c1ccccc1-n1cccn1. The van der Waals surface area contributed by atoms with E-state index < -0.39 is 5.97 Å². The molecule has 2 heterocycles. The Balaban J connectivity index is 1.79. The van der Waals surface area contributed by atoms with Gasteiger partial charge in [0, 0.05) is 18.6 Å². The van der Waals surface area contributed by atoms with Gasteiger partial charge < -0.3 is 4.74 Å². The first-order chi connectivity index (χ1) is 10.3. The zero-order valence-corrected chi connectivity index (χ0v) is 11.2. The summed E-state index contributed by atoms with van der Waals surface area (Å²) in [6.45, 7) is 0.146. The van der Waals surface area contributed by atoms with Crippen LogP contribution in [0, 0.1) is 0 Å². The number of hydrogen-bond acceptors (Lipinski definition) is 4. The Bertz CT molecular complexity index is 724. The average Bonchev–Trinajstić information content (AvgIpc) is 3.08. The lowest BCUT2D eigenvalue weighted by molar-refractivity contribution is 0.0467. The van der Waals surface area contributed by atoms with Crippen LogP contribution in [0.3, 0.4) is 0 Å². The van der Waals surface area contributed by atoms with Crippen molar-refractivity contribution in [3.63, 3.8) is 0 Å². The minimum absolute atomic E-state index is 0.146. The first kappa shape index (κ1) is 13.1. The van der Waals surface area contributed by atoms with Crippen molar-refractivity contribution in [2.45, 2.75) is 6.61 Å². The molecule has 0 radical (unpaired) electrons. The summed E-state index contributed by atoms with van der Waals surface area (Å²) in [7, 11) is 0. The Kier molecular flexibility index (Phi) is 3.73. The van der Waals surface area contributed by atoms with Gasteiger partial charge in [0.2, 0.25) is 0 Å². The number of ether oxygens (including phenoxy) is 1. The lowest BCUT2D eigenvalue weighted by Crippen LogP contribution is -2.10. The number of pyridine rings is 1. The van der Waals surface area contributed by atoms with E-state index in [1.54, 1.807) is 41.5 Å². The van der Waals surface area contributed by atoms with E-state index in [9.17, 15) is 4.79 Å². The molecule has 0 saturated heterocycles. The third-order valence-corrected chi connectivity index (χ3v) is 2.95. The van der Waals surface area contributed by atoms with Gasteiger partial charge in [-0.2, -0.15) is 5.10 Å². The molecule has 0 aliphatic rings. The van der Waals surface area contributed by atoms with E-state index in [4.69, 9.17) is 4.74 Å². The molecule has 0 aliphatic heterocycles. The molecule has 0 fully saturated rings. The summed E-state index contributed by atoms with van der Waals surface area (Å²) < 4.78 is 6.95. The molecule has 3 rings (SSSR count). The molecule has 5 nitrogen and oxygen atoms in total. The van der Waals surface area contributed by atoms with Crippen LogP contribution in [0.25, 0.3) is 5.69 Å². The van der Waals surface area contributed by atoms with Crippen LogP contribution >= 0.6 is 0 Å². The Morgan fingerprint density at radius 1 is 1.05 bits per heavy atom. The zero-order valence-electron chi connectivity index (χ0n) is 11.2. The highest BCUT2D eigenvalue weighted by molar-refractivity contribution is 5.93. The highest BCUT2D eigenvalue weighted by Gasteiger charge is 2.14. The molecule has 5 heteroatoms. The first-order valence-electron chi connectivity index (χ1n) is 6.50. The third-order valence-electron chi connectivity index (χ3n) is 2.95. The molecule has 0 amide bonds. The largest absolute Gasteiger partial charge is 0.456 e. The van der Waals surface area contributed by atoms with Crippen LogP contribution in [0.4, 0.5) is 0 Å². The number of benzene rings is 1. The molecule has 0 N–H and O–H groups in total. The number of nitrogens with zero attached hydrogens (tertiary/aromatic N) is 3. The molecule has 0 unspecified atom stereocenters. The van der Waals surface area contributed by atoms with Gasteiger partial charge in [-0.15, -0.1) is 0 Å². The molecule has 1 aromatic carbocycles. The van der Waals surface area contributed by atoms with E-state index in [1.807, 2.05) is 30.3 Å². The monoisotopic (exact) mass is 279 g/mol. The van der Waals surface area contributed by atoms with Crippen molar-refractivity contribution in [1.82, 2.24) is 14.8 Å². The molecule has 0 saturated carbocycles. The smallest absolute Gasteiger partial charge is 0.340 e. The maximum Gasteiger partial charge on any atom is 0.340 e. The molecular formula is C16H13N3O2. The third kappa shape index (κ3) is 2.97. The fourth-order valence-corrected chi connectivity index (χ4v) is 1.96. The van der Waals surface area contributed by atoms with E-state index in [1.165, 1.54) is 0 Å². The van der Waals surface area contributed by atoms with Crippen molar-refractivity contribution >= 4 is 5.97 Å². The van der Waals surface area contributed by atoms with Gasteiger partial charge in [-0.05, 0) is 30.3 Å². The lowest BCUT2D eigenvalue weighted by atomic mass is 10.2. The van der Waals surface area contributed by atoms with Crippen LogP contribution < -0.4 is 0 Å². The van der Waals surface area contributed by atoms with Gasteiger partial charge in [-0.1, -0.05) is 18.2 Å². The van der Waals surface area contributed by atoms with Crippen molar-refractivity contribution in [3.05, 3.63) is 78.4 Å². The predicted molar refractivity (Wildman–Crippen MR) is 76.9 cm³/mol. The minimum atomic E-state index is -0.397. The van der Waals surface area contributed by atoms with E-state index in [-0.39, 0.29) is 6.61 Å². The number of para-hydroxylation sites is 1. The topological polar surface area (TPSA) is 57.0 Å². The Labute approximate surface area is 121 Å². The molecule has 0 atom stereocenters. The second-order valence-electron chi connectivity index (χ2n) is 4.36. The Morgan fingerprint density at radius 3 is 2.67 bits per heavy atom. The summed E-state index contributed by atoms with van der Waals surface area (Å²) in [4.78, 5) is 16.4. The van der Waals surface area contributed by atoms with Gasteiger partial charge >= 0.3 is 5.97 Å². The number of esters is 1. The van der Waals surface area contributed by atoms with Crippen LogP contribution in [0.5, 0.6) is 0 Å². The van der Waals surface area contributed by atoms with Gasteiger partial charge in [-0.3, -0.25) is 4.98 Å². The van der Waals surface area contributed by atoms with E-state index in [0.717, 1.165) is 0 Å². The maximum absolute atomic E-state index is 12.2. The van der Waals surface area contributed by atoms with Crippen molar-refractivity contribution in [2.75, 3.05) is 0 Å². The van der Waals surface area contributed by atoms with Crippen molar-refractivity contribution in [2.24, 2.45) is 0 Å². The standard InChI is InChI=1S/C16H13N3O2/c20-16(21-12-13-6-3-4-9-17-13)14-7-1-2-8-15(14)19-11-5-10-18-19/h1-11H,12H2. The molecule has 104 valence electrons. The highest BCUT2D eigenvalue weighted by atomic mass is 16.5. The highest BCUT2D eigenvalue weighted by Crippen LogP contribution is 2.15. The van der Waals surface area contributed by atoms with Gasteiger partial charge in [0.05, 0.1) is 16.9 Å². The molecule has 0 aliphatic carbocycles. The molecule has 0 spiro atoms. The van der Waals surface area contributed by atoms with E-state index in [0.29, 0.717) is 16.9 Å². The van der Waals surface area contributed by atoms with Crippen LogP contribution in [0.2, 0.25) is 0 Å². The van der Waals surface area contributed by atoms with Gasteiger partial charge in [0.25, 0.3) is 0 Å². The zero-order chi connectivity index (χ0) is 14.5. The normalized spacial score (nSPS) is 10.3. The second-order valence-corrected chi connectivity index (χ2v) is 4.36.